The number of carbonyl (C=O) groups excluding carboxylic acids is 2. The van der Waals surface area contributed by atoms with Gasteiger partial charge < -0.3 is 4.74 Å². The van der Waals surface area contributed by atoms with Crippen molar-refractivity contribution in [2.24, 2.45) is 0 Å². The van der Waals surface area contributed by atoms with Crippen LogP contribution >= 0.6 is 0 Å². The Labute approximate surface area is 140 Å². The quantitative estimate of drug-likeness (QED) is 0.865. The van der Waals surface area contributed by atoms with Crippen molar-refractivity contribution in [1.29, 1.82) is 5.26 Å². The van der Waals surface area contributed by atoms with Gasteiger partial charge in [-0.25, -0.2) is 9.69 Å². The van der Waals surface area contributed by atoms with E-state index in [0.29, 0.717) is 0 Å². The Bertz CT molecular complexity index is 768. The molecule has 0 saturated carbocycles. The van der Waals surface area contributed by atoms with Crippen molar-refractivity contribution in [3.8, 4) is 6.07 Å². The molecule has 2 aromatic carbocycles. The Morgan fingerprint density at radius 3 is 2.42 bits per heavy atom. The molecule has 1 aliphatic rings. The van der Waals surface area contributed by atoms with Crippen LogP contribution in [0.1, 0.15) is 29.5 Å². The van der Waals surface area contributed by atoms with Gasteiger partial charge in [-0.05, 0) is 11.1 Å². The molecule has 5 heteroatoms. The van der Waals surface area contributed by atoms with Gasteiger partial charge in [0.25, 0.3) is 0 Å². The molecule has 5 nitrogen and oxygen atoms in total. The second kappa shape index (κ2) is 6.97. The smallest absolute Gasteiger partial charge is 0.417 e. The second-order valence-electron chi connectivity index (χ2n) is 5.54. The minimum Gasteiger partial charge on any atom is -0.446 e. The van der Waals surface area contributed by atoms with Gasteiger partial charge in [0.1, 0.15) is 12.6 Å². The van der Waals surface area contributed by atoms with Crippen molar-refractivity contribution >= 4 is 12.0 Å². The van der Waals surface area contributed by atoms with E-state index < -0.39 is 24.0 Å². The van der Waals surface area contributed by atoms with Crippen LogP contribution in [0.25, 0.3) is 0 Å². The Kier molecular flexibility index (Phi) is 4.57. The molecular weight excluding hydrogens is 304 g/mol. The fraction of sp³-hybridized carbons (Fsp3) is 0.211. The Morgan fingerprint density at radius 1 is 1.17 bits per heavy atom. The van der Waals surface area contributed by atoms with Crippen molar-refractivity contribution in [2.45, 2.75) is 18.4 Å². The SMILES string of the molecule is N#CC[C@H](C(=O)N1C(=O)OC[C@@H]1c1ccccc1)c1ccccc1. The Hall–Kier alpha value is -3.13. The van der Waals surface area contributed by atoms with E-state index in [0.717, 1.165) is 16.0 Å². The first-order valence-corrected chi connectivity index (χ1v) is 7.69. The largest absolute Gasteiger partial charge is 0.446 e. The lowest BCUT2D eigenvalue weighted by Gasteiger charge is -2.24. The van der Waals surface area contributed by atoms with E-state index in [-0.39, 0.29) is 13.0 Å². The van der Waals surface area contributed by atoms with Crippen molar-refractivity contribution in [3.63, 3.8) is 0 Å². The number of benzene rings is 2. The summed E-state index contributed by atoms with van der Waals surface area (Å²) in [4.78, 5) is 26.3. The highest BCUT2D eigenvalue weighted by Crippen LogP contribution is 2.32. The number of amides is 2. The van der Waals surface area contributed by atoms with Crippen molar-refractivity contribution in [2.75, 3.05) is 6.61 Å². The summed E-state index contributed by atoms with van der Waals surface area (Å²) < 4.78 is 5.10. The van der Waals surface area contributed by atoms with E-state index in [9.17, 15) is 9.59 Å². The molecule has 0 aromatic heterocycles. The van der Waals surface area contributed by atoms with Crippen molar-refractivity contribution in [3.05, 3.63) is 71.8 Å². The van der Waals surface area contributed by atoms with Gasteiger partial charge in [0.2, 0.25) is 5.91 Å². The van der Waals surface area contributed by atoms with Gasteiger partial charge in [-0.15, -0.1) is 0 Å². The summed E-state index contributed by atoms with van der Waals surface area (Å²) in [7, 11) is 0. The lowest BCUT2D eigenvalue weighted by Crippen LogP contribution is -2.37. The summed E-state index contributed by atoms with van der Waals surface area (Å²) in [5, 5.41) is 9.10. The van der Waals surface area contributed by atoms with Gasteiger partial charge in [-0.3, -0.25) is 4.79 Å². The lowest BCUT2D eigenvalue weighted by molar-refractivity contribution is -0.130. The number of nitrogens with zero attached hydrogens (tertiary/aromatic N) is 2. The van der Waals surface area contributed by atoms with Gasteiger partial charge >= 0.3 is 6.09 Å². The maximum absolute atomic E-state index is 13.0. The molecule has 0 N–H and O–H groups in total. The molecule has 0 unspecified atom stereocenters. The normalized spacial score (nSPS) is 17.9. The summed E-state index contributed by atoms with van der Waals surface area (Å²) in [6.45, 7) is 0.128. The molecule has 0 radical (unpaired) electrons. The highest BCUT2D eigenvalue weighted by Gasteiger charge is 2.41. The molecular formula is C19H16N2O3. The third kappa shape index (κ3) is 2.99. The third-order valence-corrected chi connectivity index (χ3v) is 4.09. The van der Waals surface area contributed by atoms with E-state index >= 15 is 0 Å². The first-order chi connectivity index (χ1) is 11.7. The van der Waals surface area contributed by atoms with Crippen LogP contribution in [0.3, 0.4) is 0 Å². The molecule has 120 valence electrons. The first-order valence-electron chi connectivity index (χ1n) is 7.69. The minimum absolute atomic E-state index is 0.00807. The first kappa shape index (κ1) is 15.8. The van der Waals surface area contributed by atoms with Crippen LogP contribution < -0.4 is 0 Å². The molecule has 0 aliphatic carbocycles. The maximum Gasteiger partial charge on any atom is 0.417 e. The monoisotopic (exact) mass is 320 g/mol. The van der Waals surface area contributed by atoms with Crippen LogP contribution in [0.2, 0.25) is 0 Å². The topological polar surface area (TPSA) is 70.4 Å². The molecule has 1 heterocycles. The standard InChI is InChI=1S/C19H16N2O3/c20-12-11-16(14-7-3-1-4-8-14)18(22)21-17(13-24-19(21)23)15-9-5-2-6-10-15/h1-10,16-17H,11,13H2/t16-,17+/m0/s1. The third-order valence-electron chi connectivity index (χ3n) is 4.09. The fourth-order valence-electron chi connectivity index (χ4n) is 2.88. The van der Waals surface area contributed by atoms with Crippen LogP contribution in [0.5, 0.6) is 0 Å². The molecule has 2 amide bonds. The van der Waals surface area contributed by atoms with Crippen molar-refractivity contribution < 1.29 is 14.3 Å². The van der Waals surface area contributed by atoms with Gasteiger partial charge in [-0.2, -0.15) is 5.26 Å². The molecule has 2 aromatic rings. The van der Waals surface area contributed by atoms with E-state index in [1.54, 1.807) is 12.1 Å². The van der Waals surface area contributed by atoms with Crippen LogP contribution in [0, 0.1) is 11.3 Å². The Morgan fingerprint density at radius 2 is 1.79 bits per heavy atom. The highest BCUT2D eigenvalue weighted by atomic mass is 16.6. The predicted octanol–water partition coefficient (Wildman–Crippen LogP) is 3.40. The zero-order chi connectivity index (χ0) is 16.9. The van der Waals surface area contributed by atoms with Crippen molar-refractivity contribution in [1.82, 2.24) is 4.90 Å². The summed E-state index contributed by atoms with van der Waals surface area (Å²) in [5.41, 5.74) is 1.55. The number of hydrogen-bond acceptors (Lipinski definition) is 4. The van der Waals surface area contributed by atoms with Gasteiger partial charge in [-0.1, -0.05) is 60.7 Å². The number of nitriles is 1. The molecule has 0 spiro atoms. The molecule has 1 fully saturated rings. The predicted molar refractivity (Wildman–Crippen MR) is 86.8 cm³/mol. The van der Waals surface area contributed by atoms with Crippen LogP contribution in [-0.2, 0) is 9.53 Å². The molecule has 0 bridgehead atoms. The number of cyclic esters (lactones) is 1. The fourth-order valence-corrected chi connectivity index (χ4v) is 2.88. The van der Waals surface area contributed by atoms with Crippen LogP contribution in [-0.4, -0.2) is 23.5 Å². The number of imide groups is 1. The average molecular weight is 320 g/mol. The van der Waals surface area contributed by atoms with E-state index in [4.69, 9.17) is 10.00 Å². The summed E-state index contributed by atoms with van der Waals surface area (Å²) in [6.07, 6.45) is -0.651. The molecule has 1 aliphatic heterocycles. The maximum atomic E-state index is 13.0. The van der Waals surface area contributed by atoms with Gasteiger partial charge in [0, 0.05) is 0 Å². The van der Waals surface area contributed by atoms with Crippen LogP contribution in [0.15, 0.2) is 60.7 Å². The average Bonchev–Trinajstić information content (AvgIpc) is 3.02. The Balaban J connectivity index is 1.93. The number of hydrogen-bond donors (Lipinski definition) is 0. The number of carbonyl (C=O) groups is 2. The van der Waals surface area contributed by atoms with E-state index in [1.807, 2.05) is 54.6 Å². The summed E-state index contributed by atoms with van der Waals surface area (Å²) in [5.74, 6) is -1.09. The highest BCUT2D eigenvalue weighted by molar-refractivity contribution is 5.97. The zero-order valence-corrected chi connectivity index (χ0v) is 13.0. The summed E-state index contributed by atoms with van der Waals surface area (Å²) >= 11 is 0. The summed E-state index contributed by atoms with van der Waals surface area (Å²) in [6, 6.07) is 19.9. The molecule has 2 atom stereocenters. The van der Waals surface area contributed by atoms with Crippen LogP contribution in [0.4, 0.5) is 4.79 Å². The van der Waals surface area contributed by atoms with Gasteiger partial charge in [0.15, 0.2) is 0 Å². The second-order valence-corrected chi connectivity index (χ2v) is 5.54. The lowest BCUT2D eigenvalue weighted by atomic mass is 9.94. The van der Waals surface area contributed by atoms with E-state index in [2.05, 4.69) is 0 Å². The molecule has 1 saturated heterocycles. The minimum atomic E-state index is -0.687. The van der Waals surface area contributed by atoms with E-state index in [1.165, 1.54) is 0 Å². The number of rotatable bonds is 4. The molecule has 24 heavy (non-hydrogen) atoms. The zero-order valence-electron chi connectivity index (χ0n) is 13.0. The molecule has 3 rings (SSSR count). The van der Waals surface area contributed by atoms with Gasteiger partial charge in [0.05, 0.1) is 18.4 Å². The number of ether oxygens (including phenoxy) is 1.